The molecule has 2 rings (SSSR count). The lowest BCUT2D eigenvalue weighted by molar-refractivity contribution is -0.141. The highest BCUT2D eigenvalue weighted by Gasteiger charge is 2.50. The minimum Gasteiger partial charge on any atom is -0.290 e. The van der Waals surface area contributed by atoms with E-state index in [0.717, 1.165) is 25.0 Å². The molecule has 0 saturated heterocycles. The highest BCUT2D eigenvalue weighted by Crippen LogP contribution is 2.40. The summed E-state index contributed by atoms with van der Waals surface area (Å²) in [7, 11) is 0. The zero-order chi connectivity index (χ0) is 12.4. The van der Waals surface area contributed by atoms with Gasteiger partial charge in [0.25, 0.3) is 5.78 Å². The van der Waals surface area contributed by atoms with Crippen molar-refractivity contribution in [3.63, 3.8) is 0 Å². The Balaban J connectivity index is 1.93. The number of ketones is 3. The van der Waals surface area contributed by atoms with Crippen LogP contribution in [0.2, 0.25) is 0 Å². The Kier molecular flexibility index (Phi) is 4.02. The normalized spacial score (nSPS) is 33.0. The summed E-state index contributed by atoms with van der Waals surface area (Å²) in [6.07, 6.45) is 4.81. The first-order valence-electron chi connectivity index (χ1n) is 6.39. The first kappa shape index (κ1) is 12.8. The van der Waals surface area contributed by atoms with Crippen molar-refractivity contribution in [2.75, 3.05) is 5.75 Å². The Morgan fingerprint density at radius 2 is 1.82 bits per heavy atom. The van der Waals surface area contributed by atoms with Crippen LogP contribution in [0.5, 0.6) is 0 Å². The molecule has 0 aromatic carbocycles. The number of carbonyl (C=O) groups excluding carboxylic acids is 3. The number of rotatable bonds is 4. The molecule has 2 aliphatic rings. The van der Waals surface area contributed by atoms with Crippen molar-refractivity contribution in [1.82, 2.24) is 0 Å². The molecule has 3 unspecified atom stereocenters. The minimum atomic E-state index is -0.737. The number of thioether (sulfide) groups is 1. The average molecular weight is 254 g/mol. The van der Waals surface area contributed by atoms with Crippen molar-refractivity contribution in [3.05, 3.63) is 0 Å². The topological polar surface area (TPSA) is 51.2 Å². The van der Waals surface area contributed by atoms with Crippen LogP contribution in [0.3, 0.4) is 0 Å². The van der Waals surface area contributed by atoms with Gasteiger partial charge in [-0.25, -0.2) is 0 Å². The third kappa shape index (κ3) is 2.46. The lowest BCUT2D eigenvalue weighted by atomic mass is 9.81. The molecule has 2 fully saturated rings. The number of unbranched alkanes of at least 4 members (excludes halogenated alkanes) is 1. The molecule has 4 heteroatoms. The van der Waals surface area contributed by atoms with Crippen molar-refractivity contribution < 1.29 is 14.4 Å². The van der Waals surface area contributed by atoms with Crippen LogP contribution in [0.1, 0.15) is 39.0 Å². The molecule has 2 aliphatic carbocycles. The van der Waals surface area contributed by atoms with Crippen LogP contribution in [0.25, 0.3) is 0 Å². The summed E-state index contributed by atoms with van der Waals surface area (Å²) >= 11 is 1.90. The van der Waals surface area contributed by atoms with Gasteiger partial charge < -0.3 is 0 Å². The zero-order valence-corrected chi connectivity index (χ0v) is 10.9. The lowest BCUT2D eigenvalue weighted by Gasteiger charge is -2.28. The SMILES string of the molecule is CCCCSC1CCC2C(=O)C(=O)C(=O)C2C1. The fourth-order valence-corrected chi connectivity index (χ4v) is 4.17. The molecular formula is C13H18O3S. The first-order valence-corrected chi connectivity index (χ1v) is 7.44. The second kappa shape index (κ2) is 5.34. The van der Waals surface area contributed by atoms with Crippen LogP contribution in [-0.2, 0) is 14.4 Å². The predicted molar refractivity (Wildman–Crippen MR) is 67.0 cm³/mol. The average Bonchev–Trinajstić information content (AvgIpc) is 2.55. The molecule has 0 aromatic rings. The van der Waals surface area contributed by atoms with Crippen LogP contribution in [0, 0.1) is 11.8 Å². The molecule has 0 N–H and O–H groups in total. The summed E-state index contributed by atoms with van der Waals surface area (Å²) in [6.45, 7) is 2.16. The maximum absolute atomic E-state index is 11.6. The molecule has 0 aromatic heterocycles. The number of hydrogen-bond donors (Lipinski definition) is 0. The van der Waals surface area contributed by atoms with Crippen molar-refractivity contribution in [1.29, 1.82) is 0 Å². The molecule has 17 heavy (non-hydrogen) atoms. The molecule has 94 valence electrons. The molecule has 0 spiro atoms. The van der Waals surface area contributed by atoms with Gasteiger partial charge in [-0.3, -0.25) is 14.4 Å². The Labute approximate surface area is 106 Å². The van der Waals surface area contributed by atoms with E-state index in [2.05, 4.69) is 6.92 Å². The van der Waals surface area contributed by atoms with Gasteiger partial charge in [0.1, 0.15) is 0 Å². The number of hydrogen-bond acceptors (Lipinski definition) is 4. The second-order valence-corrected chi connectivity index (χ2v) is 6.34. The van der Waals surface area contributed by atoms with Crippen molar-refractivity contribution in [2.24, 2.45) is 11.8 Å². The van der Waals surface area contributed by atoms with Crippen molar-refractivity contribution >= 4 is 29.1 Å². The smallest absolute Gasteiger partial charge is 0.264 e. The molecule has 0 heterocycles. The van der Waals surface area contributed by atoms with Gasteiger partial charge in [-0.1, -0.05) is 13.3 Å². The molecular weight excluding hydrogens is 236 g/mol. The highest BCUT2D eigenvalue weighted by molar-refractivity contribution is 7.99. The quantitative estimate of drug-likeness (QED) is 0.569. The van der Waals surface area contributed by atoms with Crippen molar-refractivity contribution in [2.45, 2.75) is 44.3 Å². The zero-order valence-electron chi connectivity index (χ0n) is 10.1. The van der Waals surface area contributed by atoms with Gasteiger partial charge in [0.05, 0.1) is 0 Å². The second-order valence-electron chi connectivity index (χ2n) is 4.93. The lowest BCUT2D eigenvalue weighted by Crippen LogP contribution is -2.28. The Bertz CT molecular complexity index is 351. The summed E-state index contributed by atoms with van der Waals surface area (Å²) in [5.74, 6) is -1.02. The van der Waals surface area contributed by atoms with E-state index in [1.165, 1.54) is 12.8 Å². The van der Waals surface area contributed by atoms with Gasteiger partial charge in [0.15, 0.2) is 0 Å². The van der Waals surface area contributed by atoms with E-state index in [-0.39, 0.29) is 11.8 Å². The van der Waals surface area contributed by atoms with E-state index < -0.39 is 17.3 Å². The summed E-state index contributed by atoms with van der Waals surface area (Å²) < 4.78 is 0. The van der Waals surface area contributed by atoms with Crippen LogP contribution in [0.4, 0.5) is 0 Å². The molecule has 3 nitrogen and oxygen atoms in total. The Morgan fingerprint density at radius 3 is 2.53 bits per heavy atom. The van der Waals surface area contributed by atoms with Crippen LogP contribution >= 0.6 is 11.8 Å². The summed E-state index contributed by atoms with van der Waals surface area (Å²) in [5.41, 5.74) is 0. The summed E-state index contributed by atoms with van der Waals surface area (Å²) in [4.78, 5) is 34.5. The van der Waals surface area contributed by atoms with E-state index in [0.29, 0.717) is 5.25 Å². The summed E-state index contributed by atoms with van der Waals surface area (Å²) in [5, 5.41) is 0.463. The number of Topliss-reactive ketones (excluding diaryl/α,β-unsaturated/α-hetero) is 3. The maximum atomic E-state index is 11.6. The number of carbonyl (C=O) groups is 3. The minimum absolute atomic E-state index is 0.280. The van der Waals surface area contributed by atoms with Gasteiger partial charge in [0, 0.05) is 17.1 Å². The van der Waals surface area contributed by atoms with E-state index in [9.17, 15) is 14.4 Å². The van der Waals surface area contributed by atoms with E-state index in [1.54, 1.807) is 0 Å². The Hall–Kier alpha value is -0.640. The monoisotopic (exact) mass is 254 g/mol. The van der Waals surface area contributed by atoms with Crippen LogP contribution in [0.15, 0.2) is 0 Å². The standard InChI is InChI=1S/C13H18O3S/c1-2-3-6-17-8-4-5-9-10(7-8)12(15)13(16)11(9)14/h8-10H,2-7H2,1H3. The summed E-state index contributed by atoms with van der Waals surface area (Å²) in [6, 6.07) is 0. The molecule has 0 bridgehead atoms. The molecule has 0 radical (unpaired) electrons. The highest BCUT2D eigenvalue weighted by atomic mass is 32.2. The molecule has 3 atom stereocenters. The largest absolute Gasteiger partial charge is 0.290 e. The van der Waals surface area contributed by atoms with E-state index in [1.807, 2.05) is 11.8 Å². The van der Waals surface area contributed by atoms with Crippen LogP contribution in [-0.4, -0.2) is 28.4 Å². The molecule has 0 aliphatic heterocycles. The van der Waals surface area contributed by atoms with Gasteiger partial charge >= 0.3 is 0 Å². The van der Waals surface area contributed by atoms with Gasteiger partial charge in [-0.15, -0.1) is 0 Å². The van der Waals surface area contributed by atoms with Crippen LogP contribution < -0.4 is 0 Å². The first-order chi connectivity index (χ1) is 8.15. The third-order valence-corrected chi connectivity index (χ3v) is 5.20. The van der Waals surface area contributed by atoms with E-state index in [4.69, 9.17) is 0 Å². The van der Waals surface area contributed by atoms with Gasteiger partial charge in [-0.2, -0.15) is 11.8 Å². The number of fused-ring (bicyclic) bond motifs is 1. The fraction of sp³-hybridized carbons (Fsp3) is 0.769. The fourth-order valence-electron chi connectivity index (χ4n) is 2.74. The van der Waals surface area contributed by atoms with Gasteiger partial charge in [-0.05, 0) is 31.4 Å². The maximum Gasteiger partial charge on any atom is 0.264 e. The van der Waals surface area contributed by atoms with E-state index >= 15 is 0 Å². The molecule has 2 saturated carbocycles. The Morgan fingerprint density at radius 1 is 1.12 bits per heavy atom. The molecule has 0 amide bonds. The van der Waals surface area contributed by atoms with Gasteiger partial charge in [0.2, 0.25) is 11.6 Å². The third-order valence-electron chi connectivity index (χ3n) is 3.77. The predicted octanol–water partition coefficient (Wildman–Crippen LogP) is 2.03. The van der Waals surface area contributed by atoms with Crippen molar-refractivity contribution in [3.8, 4) is 0 Å².